The third-order valence-corrected chi connectivity index (χ3v) is 6.57. The SMILES string of the molecule is CCc1ccccc1Nc1ncnc2scc(-c3ccc4c(c3)CCCC4)c12. The van der Waals surface area contributed by atoms with E-state index in [1.807, 2.05) is 0 Å². The second-order valence-corrected chi connectivity index (χ2v) is 8.24. The van der Waals surface area contributed by atoms with E-state index in [1.54, 1.807) is 17.7 Å². The van der Waals surface area contributed by atoms with Gasteiger partial charge in [0.1, 0.15) is 17.0 Å². The minimum absolute atomic E-state index is 0.889. The summed E-state index contributed by atoms with van der Waals surface area (Å²) in [4.78, 5) is 10.2. The highest BCUT2D eigenvalue weighted by Gasteiger charge is 2.16. The smallest absolute Gasteiger partial charge is 0.143 e. The zero-order valence-electron chi connectivity index (χ0n) is 16.0. The molecule has 0 fully saturated rings. The van der Waals surface area contributed by atoms with Crippen LogP contribution in [0.2, 0.25) is 0 Å². The van der Waals surface area contributed by atoms with Gasteiger partial charge in [-0.1, -0.05) is 43.3 Å². The molecule has 4 heteroatoms. The van der Waals surface area contributed by atoms with Crippen LogP contribution in [-0.2, 0) is 19.3 Å². The molecule has 0 saturated heterocycles. The third kappa shape index (κ3) is 3.08. The molecule has 4 aromatic rings. The van der Waals surface area contributed by atoms with E-state index in [1.165, 1.54) is 53.5 Å². The number of fused-ring (bicyclic) bond motifs is 2. The molecule has 1 aliphatic carbocycles. The van der Waals surface area contributed by atoms with Crippen molar-refractivity contribution in [3.8, 4) is 11.1 Å². The quantitative estimate of drug-likeness (QED) is 0.433. The van der Waals surface area contributed by atoms with E-state index in [2.05, 4.69) is 70.1 Å². The van der Waals surface area contributed by atoms with Gasteiger partial charge in [0.15, 0.2) is 0 Å². The molecule has 1 N–H and O–H groups in total. The lowest BCUT2D eigenvalue weighted by Crippen LogP contribution is -2.02. The zero-order valence-corrected chi connectivity index (χ0v) is 16.9. The molecule has 0 unspecified atom stereocenters. The average Bonchev–Trinajstić information content (AvgIpc) is 3.19. The number of thiophene rings is 1. The third-order valence-electron chi connectivity index (χ3n) is 5.68. The molecule has 3 nitrogen and oxygen atoms in total. The molecule has 2 aromatic carbocycles. The van der Waals surface area contributed by atoms with Gasteiger partial charge >= 0.3 is 0 Å². The summed E-state index contributed by atoms with van der Waals surface area (Å²) in [7, 11) is 0. The average molecular weight is 386 g/mol. The lowest BCUT2D eigenvalue weighted by Gasteiger charge is -2.17. The van der Waals surface area contributed by atoms with Gasteiger partial charge in [0.2, 0.25) is 0 Å². The van der Waals surface area contributed by atoms with Gasteiger partial charge in [0, 0.05) is 16.6 Å². The topological polar surface area (TPSA) is 37.8 Å². The molecule has 140 valence electrons. The standard InChI is InChI=1S/C24H23N3S/c1-2-16-7-5-6-10-21(16)27-23-22-20(14-28-24(22)26-15-25-23)19-12-11-17-8-3-4-9-18(17)13-19/h5-7,10-15H,2-4,8-9H2,1H3,(H,25,26,27). The predicted molar refractivity (Wildman–Crippen MR) is 119 cm³/mol. The Morgan fingerprint density at radius 3 is 2.75 bits per heavy atom. The van der Waals surface area contributed by atoms with Crippen LogP contribution in [0.1, 0.15) is 36.5 Å². The summed E-state index contributed by atoms with van der Waals surface area (Å²) in [6, 6.07) is 15.4. The van der Waals surface area contributed by atoms with Crippen LogP contribution >= 0.6 is 11.3 Å². The fraction of sp³-hybridized carbons (Fsp3) is 0.250. The van der Waals surface area contributed by atoms with Crippen molar-refractivity contribution in [1.29, 1.82) is 0 Å². The van der Waals surface area contributed by atoms with Crippen molar-refractivity contribution in [2.45, 2.75) is 39.0 Å². The van der Waals surface area contributed by atoms with Gasteiger partial charge in [0.05, 0.1) is 5.39 Å². The first-order chi connectivity index (χ1) is 13.8. The molecular formula is C24H23N3S. The highest BCUT2D eigenvalue weighted by Crippen LogP contribution is 2.39. The normalized spacial score (nSPS) is 13.5. The van der Waals surface area contributed by atoms with Crippen molar-refractivity contribution in [3.05, 3.63) is 70.9 Å². The molecule has 0 spiro atoms. The Labute approximate surface area is 169 Å². The van der Waals surface area contributed by atoms with Crippen LogP contribution in [0, 0.1) is 0 Å². The number of hydrogen-bond acceptors (Lipinski definition) is 4. The lowest BCUT2D eigenvalue weighted by atomic mass is 9.89. The van der Waals surface area contributed by atoms with Gasteiger partial charge in [-0.05, 0) is 60.4 Å². The Morgan fingerprint density at radius 1 is 1.00 bits per heavy atom. The molecule has 1 aliphatic rings. The Balaban J connectivity index is 1.62. The molecule has 0 atom stereocenters. The summed E-state index contributed by atoms with van der Waals surface area (Å²) in [5.74, 6) is 0.889. The molecule has 28 heavy (non-hydrogen) atoms. The van der Waals surface area contributed by atoms with E-state index < -0.39 is 0 Å². The van der Waals surface area contributed by atoms with Gasteiger partial charge in [-0.15, -0.1) is 11.3 Å². The number of hydrogen-bond donors (Lipinski definition) is 1. The van der Waals surface area contributed by atoms with E-state index in [-0.39, 0.29) is 0 Å². The summed E-state index contributed by atoms with van der Waals surface area (Å²) < 4.78 is 0. The van der Waals surface area contributed by atoms with E-state index >= 15 is 0 Å². The molecule has 0 saturated carbocycles. The number of nitrogens with zero attached hydrogens (tertiary/aromatic N) is 2. The Bertz CT molecular complexity index is 1150. The van der Waals surface area contributed by atoms with Gasteiger partial charge in [0.25, 0.3) is 0 Å². The van der Waals surface area contributed by atoms with Crippen LogP contribution in [0.25, 0.3) is 21.3 Å². The lowest BCUT2D eigenvalue weighted by molar-refractivity contribution is 0.686. The maximum atomic E-state index is 4.61. The Morgan fingerprint density at radius 2 is 1.86 bits per heavy atom. The summed E-state index contributed by atoms with van der Waals surface area (Å²) in [6.45, 7) is 2.18. The van der Waals surface area contributed by atoms with E-state index in [9.17, 15) is 0 Å². The van der Waals surface area contributed by atoms with Crippen LogP contribution in [0.5, 0.6) is 0 Å². The van der Waals surface area contributed by atoms with Crippen LogP contribution in [-0.4, -0.2) is 9.97 Å². The summed E-state index contributed by atoms with van der Waals surface area (Å²) in [6.07, 6.45) is 7.66. The first-order valence-corrected chi connectivity index (χ1v) is 10.9. The number of para-hydroxylation sites is 1. The molecule has 2 heterocycles. The number of aromatic nitrogens is 2. The second kappa shape index (κ2) is 7.36. The van der Waals surface area contributed by atoms with Crippen LogP contribution in [0.3, 0.4) is 0 Å². The molecule has 5 rings (SSSR count). The molecule has 2 aromatic heterocycles. The highest BCUT2D eigenvalue weighted by atomic mass is 32.1. The summed E-state index contributed by atoms with van der Waals surface area (Å²) >= 11 is 1.69. The number of benzene rings is 2. The molecule has 0 aliphatic heterocycles. The number of aryl methyl sites for hydroxylation is 3. The van der Waals surface area contributed by atoms with E-state index in [0.717, 1.165) is 28.1 Å². The zero-order chi connectivity index (χ0) is 18.9. The van der Waals surface area contributed by atoms with Crippen LogP contribution in [0.4, 0.5) is 11.5 Å². The minimum atomic E-state index is 0.889. The first kappa shape index (κ1) is 17.4. The summed E-state index contributed by atoms with van der Waals surface area (Å²) in [5.41, 5.74) is 7.93. The first-order valence-electron chi connectivity index (χ1n) is 10.0. The van der Waals surface area contributed by atoms with Gasteiger partial charge < -0.3 is 5.32 Å². The van der Waals surface area contributed by atoms with E-state index in [0.29, 0.717) is 0 Å². The van der Waals surface area contributed by atoms with Crippen LogP contribution in [0.15, 0.2) is 54.2 Å². The van der Waals surface area contributed by atoms with Gasteiger partial charge in [-0.2, -0.15) is 0 Å². The van der Waals surface area contributed by atoms with Gasteiger partial charge in [-0.25, -0.2) is 9.97 Å². The molecular weight excluding hydrogens is 362 g/mol. The maximum absolute atomic E-state index is 4.61. The minimum Gasteiger partial charge on any atom is -0.339 e. The van der Waals surface area contributed by atoms with Crippen molar-refractivity contribution in [1.82, 2.24) is 9.97 Å². The number of anilines is 2. The van der Waals surface area contributed by atoms with Crippen LogP contribution < -0.4 is 5.32 Å². The second-order valence-electron chi connectivity index (χ2n) is 7.38. The number of rotatable bonds is 4. The van der Waals surface area contributed by atoms with Crippen molar-refractivity contribution in [3.63, 3.8) is 0 Å². The Hall–Kier alpha value is -2.72. The number of nitrogens with one attached hydrogen (secondary N) is 1. The molecule has 0 amide bonds. The Kier molecular flexibility index (Phi) is 4.57. The molecule has 0 bridgehead atoms. The highest BCUT2D eigenvalue weighted by molar-refractivity contribution is 7.17. The van der Waals surface area contributed by atoms with Gasteiger partial charge in [-0.3, -0.25) is 0 Å². The monoisotopic (exact) mass is 385 g/mol. The van der Waals surface area contributed by atoms with Crippen molar-refractivity contribution >= 4 is 33.1 Å². The van der Waals surface area contributed by atoms with Crippen molar-refractivity contribution < 1.29 is 0 Å². The fourth-order valence-corrected chi connectivity index (χ4v) is 5.08. The molecule has 0 radical (unpaired) electrons. The summed E-state index contributed by atoms with van der Waals surface area (Å²) in [5, 5.41) is 6.92. The largest absolute Gasteiger partial charge is 0.339 e. The predicted octanol–water partition coefficient (Wildman–Crippen LogP) is 6.54. The maximum Gasteiger partial charge on any atom is 0.143 e. The van der Waals surface area contributed by atoms with Crippen molar-refractivity contribution in [2.24, 2.45) is 0 Å². The van der Waals surface area contributed by atoms with Crippen molar-refractivity contribution in [2.75, 3.05) is 5.32 Å². The van der Waals surface area contributed by atoms with E-state index in [4.69, 9.17) is 0 Å². The fourth-order valence-electron chi connectivity index (χ4n) is 4.16.